The number of Topliss-reactive ketones (excluding diaryl/α,β-unsaturated/α-hetero) is 1. The van der Waals surface area contributed by atoms with Gasteiger partial charge >= 0.3 is 0 Å². The van der Waals surface area contributed by atoms with Gasteiger partial charge in [-0.2, -0.15) is 0 Å². The normalized spacial score (nSPS) is 27.2. The highest BCUT2D eigenvalue weighted by molar-refractivity contribution is 8.00. The molecule has 5 heteroatoms. The largest absolute Gasteiger partial charge is 0.358 e. The third-order valence-corrected chi connectivity index (χ3v) is 3.24. The van der Waals surface area contributed by atoms with Crippen LogP contribution in [0, 0.1) is 0 Å². The van der Waals surface area contributed by atoms with Crippen molar-refractivity contribution in [2.45, 2.75) is 24.8 Å². The van der Waals surface area contributed by atoms with Crippen molar-refractivity contribution >= 4 is 23.5 Å². The second-order valence-corrected chi connectivity index (χ2v) is 4.00. The van der Waals surface area contributed by atoms with Gasteiger partial charge in [0.05, 0.1) is 6.04 Å². The van der Waals surface area contributed by atoms with E-state index in [1.165, 1.54) is 11.8 Å². The highest BCUT2D eigenvalue weighted by atomic mass is 32.2. The first-order valence-electron chi connectivity index (χ1n) is 4.31. The fourth-order valence-electron chi connectivity index (χ4n) is 1.17. The molecule has 0 aromatic heterocycles. The molecule has 1 aliphatic rings. The predicted molar refractivity (Wildman–Crippen MR) is 52.5 cm³/mol. The molecule has 1 amide bonds. The van der Waals surface area contributed by atoms with Crippen molar-refractivity contribution in [1.29, 1.82) is 0 Å². The molecule has 0 radical (unpaired) electrons. The van der Waals surface area contributed by atoms with E-state index < -0.39 is 0 Å². The van der Waals surface area contributed by atoms with E-state index in [0.717, 1.165) is 0 Å². The van der Waals surface area contributed by atoms with Crippen LogP contribution >= 0.6 is 11.8 Å². The number of hydrogen-bond acceptors (Lipinski definition) is 4. The number of amides is 1. The molecule has 2 unspecified atom stereocenters. The molecule has 2 atom stereocenters. The maximum absolute atomic E-state index is 11.3. The Kier molecular flexibility index (Phi) is 3.74. The van der Waals surface area contributed by atoms with Crippen LogP contribution in [0.1, 0.15) is 13.3 Å². The monoisotopic (exact) mass is 202 g/mol. The van der Waals surface area contributed by atoms with Crippen molar-refractivity contribution in [3.05, 3.63) is 0 Å². The topological polar surface area (TPSA) is 58.2 Å². The minimum atomic E-state index is -0.213. The Morgan fingerprint density at radius 1 is 1.62 bits per heavy atom. The summed E-state index contributed by atoms with van der Waals surface area (Å²) in [5.74, 6) is 0.797. The quantitative estimate of drug-likeness (QED) is 0.662. The summed E-state index contributed by atoms with van der Waals surface area (Å²) in [6.07, 6.45) is 0.519. The summed E-state index contributed by atoms with van der Waals surface area (Å²) < 4.78 is 0. The van der Waals surface area contributed by atoms with Gasteiger partial charge in [0.1, 0.15) is 5.37 Å². The molecule has 4 nitrogen and oxygen atoms in total. The Hall–Kier alpha value is -0.550. The summed E-state index contributed by atoms with van der Waals surface area (Å²) in [7, 11) is 1.60. The van der Waals surface area contributed by atoms with Crippen LogP contribution in [0.3, 0.4) is 0 Å². The number of carbonyl (C=O) groups excluding carboxylic acids is 2. The van der Waals surface area contributed by atoms with E-state index in [1.54, 1.807) is 7.05 Å². The first kappa shape index (κ1) is 10.5. The first-order valence-corrected chi connectivity index (χ1v) is 5.35. The van der Waals surface area contributed by atoms with Crippen LogP contribution < -0.4 is 10.6 Å². The summed E-state index contributed by atoms with van der Waals surface area (Å²) in [6.45, 7) is 1.83. The fourth-order valence-corrected chi connectivity index (χ4v) is 2.41. The van der Waals surface area contributed by atoms with Crippen LogP contribution in [0.4, 0.5) is 0 Å². The number of carbonyl (C=O) groups is 2. The van der Waals surface area contributed by atoms with Crippen LogP contribution in [0.25, 0.3) is 0 Å². The van der Waals surface area contributed by atoms with Gasteiger partial charge in [-0.15, -0.1) is 11.8 Å². The van der Waals surface area contributed by atoms with Crippen molar-refractivity contribution < 1.29 is 9.59 Å². The van der Waals surface area contributed by atoms with Gasteiger partial charge in [-0.3, -0.25) is 14.9 Å². The third-order valence-electron chi connectivity index (χ3n) is 1.99. The van der Waals surface area contributed by atoms with E-state index in [9.17, 15) is 9.59 Å². The molecule has 0 aromatic carbocycles. The first-order chi connectivity index (χ1) is 6.19. The number of nitrogens with one attached hydrogen (secondary N) is 2. The van der Waals surface area contributed by atoms with Gasteiger partial charge in [-0.05, 0) is 0 Å². The van der Waals surface area contributed by atoms with Crippen molar-refractivity contribution in [2.24, 2.45) is 0 Å². The van der Waals surface area contributed by atoms with E-state index in [0.29, 0.717) is 12.2 Å². The smallest absolute Gasteiger partial charge is 0.237 e. The Balaban J connectivity index is 2.44. The van der Waals surface area contributed by atoms with Gasteiger partial charge in [0.25, 0.3) is 0 Å². The second-order valence-electron chi connectivity index (χ2n) is 2.87. The lowest BCUT2D eigenvalue weighted by atomic mass is 10.2. The maximum Gasteiger partial charge on any atom is 0.237 e. The Labute approximate surface area is 81.8 Å². The Morgan fingerprint density at radius 3 is 2.85 bits per heavy atom. The number of hydrogen-bond donors (Lipinski definition) is 2. The lowest BCUT2D eigenvalue weighted by Crippen LogP contribution is -2.44. The third kappa shape index (κ3) is 2.45. The SMILES string of the molecule is CCC(=O)C1NC(C(=O)NC)CS1. The molecule has 0 aromatic rings. The summed E-state index contributed by atoms with van der Waals surface area (Å²) >= 11 is 1.51. The number of thioether (sulfide) groups is 1. The molecule has 1 heterocycles. The molecule has 2 N–H and O–H groups in total. The van der Waals surface area contributed by atoms with Crippen molar-refractivity contribution in [2.75, 3.05) is 12.8 Å². The van der Waals surface area contributed by atoms with Crippen LogP contribution in [-0.4, -0.2) is 35.9 Å². The van der Waals surface area contributed by atoms with Gasteiger partial charge in [0.15, 0.2) is 5.78 Å². The molecule has 0 aliphatic carbocycles. The highest BCUT2D eigenvalue weighted by Crippen LogP contribution is 2.20. The average Bonchev–Trinajstić information content (AvgIpc) is 2.64. The molecular weight excluding hydrogens is 188 g/mol. The van der Waals surface area contributed by atoms with Crippen LogP contribution in [0.2, 0.25) is 0 Å². The summed E-state index contributed by atoms with van der Waals surface area (Å²) in [5, 5.41) is 5.36. The van der Waals surface area contributed by atoms with Crippen molar-refractivity contribution in [3.63, 3.8) is 0 Å². The second kappa shape index (κ2) is 4.62. The summed E-state index contributed by atoms with van der Waals surface area (Å²) in [4.78, 5) is 22.4. The minimum Gasteiger partial charge on any atom is -0.358 e. The number of ketones is 1. The average molecular weight is 202 g/mol. The number of likely N-dealkylation sites (N-methyl/N-ethyl adjacent to an activating group) is 1. The molecular formula is C8H14N2O2S. The maximum atomic E-state index is 11.3. The van der Waals surface area contributed by atoms with Crippen molar-refractivity contribution in [1.82, 2.24) is 10.6 Å². The molecule has 74 valence electrons. The predicted octanol–water partition coefficient (Wildman–Crippen LogP) is -0.257. The molecule has 1 saturated heterocycles. The van der Waals surface area contributed by atoms with E-state index in [1.807, 2.05) is 6.92 Å². The van der Waals surface area contributed by atoms with Crippen LogP contribution in [0.5, 0.6) is 0 Å². The zero-order valence-corrected chi connectivity index (χ0v) is 8.61. The number of rotatable bonds is 3. The van der Waals surface area contributed by atoms with E-state index in [-0.39, 0.29) is 23.1 Å². The van der Waals surface area contributed by atoms with Gasteiger partial charge in [-0.25, -0.2) is 0 Å². The van der Waals surface area contributed by atoms with Gasteiger partial charge in [0.2, 0.25) is 5.91 Å². The van der Waals surface area contributed by atoms with Crippen LogP contribution in [0.15, 0.2) is 0 Å². The Bertz CT molecular complexity index is 198. The van der Waals surface area contributed by atoms with Gasteiger partial charge in [-0.1, -0.05) is 6.92 Å². The molecule has 0 bridgehead atoms. The van der Waals surface area contributed by atoms with Crippen LogP contribution in [-0.2, 0) is 9.59 Å². The van der Waals surface area contributed by atoms with E-state index in [4.69, 9.17) is 0 Å². The van der Waals surface area contributed by atoms with Crippen molar-refractivity contribution in [3.8, 4) is 0 Å². The highest BCUT2D eigenvalue weighted by Gasteiger charge is 2.32. The zero-order chi connectivity index (χ0) is 9.84. The Morgan fingerprint density at radius 2 is 2.31 bits per heavy atom. The zero-order valence-electron chi connectivity index (χ0n) is 7.79. The molecule has 0 spiro atoms. The molecule has 1 aliphatic heterocycles. The molecule has 13 heavy (non-hydrogen) atoms. The van der Waals surface area contributed by atoms with E-state index >= 15 is 0 Å². The summed E-state index contributed by atoms with van der Waals surface area (Å²) in [6, 6.07) is -0.213. The molecule has 1 rings (SSSR count). The lowest BCUT2D eigenvalue weighted by Gasteiger charge is -2.09. The molecule has 1 fully saturated rings. The standard InChI is InChI=1S/C8H14N2O2S/c1-3-6(11)8-10-5(4-13-8)7(12)9-2/h5,8,10H,3-4H2,1-2H3,(H,9,12). The fraction of sp³-hybridized carbons (Fsp3) is 0.750. The molecule has 0 saturated carbocycles. The lowest BCUT2D eigenvalue weighted by molar-refractivity contribution is -0.122. The van der Waals surface area contributed by atoms with Gasteiger partial charge < -0.3 is 5.32 Å². The minimum absolute atomic E-state index is 0.0427. The van der Waals surface area contributed by atoms with Gasteiger partial charge in [0, 0.05) is 19.2 Å². The summed E-state index contributed by atoms with van der Waals surface area (Å²) in [5.41, 5.74) is 0. The van der Waals surface area contributed by atoms with E-state index in [2.05, 4.69) is 10.6 Å².